The van der Waals surface area contributed by atoms with Crippen LogP contribution in [0.3, 0.4) is 0 Å². The average molecular weight is 603 g/mol. The zero-order valence-electron chi connectivity index (χ0n) is 24.4. The summed E-state index contributed by atoms with van der Waals surface area (Å²) < 4.78 is 45.6. The maximum Gasteiger partial charge on any atom is 0.416 e. The number of amides is 4. The van der Waals surface area contributed by atoms with Crippen molar-refractivity contribution in [2.24, 2.45) is 0 Å². The van der Waals surface area contributed by atoms with Crippen molar-refractivity contribution in [1.82, 2.24) is 20.4 Å². The highest BCUT2D eigenvalue weighted by atomic mass is 19.4. The number of carbonyl (C=O) groups excluding carboxylic acids is 4. The van der Waals surface area contributed by atoms with Gasteiger partial charge in [0.1, 0.15) is 6.04 Å². The van der Waals surface area contributed by atoms with Gasteiger partial charge < -0.3 is 25.2 Å². The lowest BCUT2D eigenvalue weighted by Crippen LogP contribution is -2.53. The Morgan fingerprint density at radius 1 is 1.07 bits per heavy atom. The molecule has 232 valence electrons. The molecule has 2 N–H and O–H groups in total. The van der Waals surface area contributed by atoms with Crippen LogP contribution in [0.4, 0.5) is 13.2 Å². The van der Waals surface area contributed by atoms with E-state index in [0.717, 1.165) is 24.1 Å². The predicted octanol–water partition coefficient (Wildman–Crippen LogP) is 3.65. The number of ether oxygens (including phenoxy) is 1. The van der Waals surface area contributed by atoms with Crippen molar-refractivity contribution in [3.8, 4) is 0 Å². The number of alkyl halides is 3. The van der Waals surface area contributed by atoms with E-state index in [9.17, 15) is 32.3 Å². The lowest BCUT2D eigenvalue weighted by atomic mass is 9.88. The second-order valence-electron chi connectivity index (χ2n) is 11.1. The minimum atomic E-state index is -4.57. The average Bonchev–Trinajstić information content (AvgIpc) is 3.50. The van der Waals surface area contributed by atoms with Crippen LogP contribution in [0.1, 0.15) is 71.6 Å². The Kier molecular flexibility index (Phi) is 10.1. The summed E-state index contributed by atoms with van der Waals surface area (Å²) in [6, 6.07) is 9.89. The van der Waals surface area contributed by atoms with Crippen molar-refractivity contribution in [1.29, 1.82) is 0 Å². The maximum absolute atomic E-state index is 13.4. The Balaban J connectivity index is 1.49. The number of benzene rings is 2. The molecule has 0 spiro atoms. The van der Waals surface area contributed by atoms with E-state index in [1.54, 1.807) is 41.2 Å². The zero-order valence-corrected chi connectivity index (χ0v) is 24.4. The first-order valence-corrected chi connectivity index (χ1v) is 14.3. The number of nitrogens with zero attached hydrogens (tertiary/aromatic N) is 2. The lowest BCUT2D eigenvalue weighted by Gasteiger charge is -2.39. The Labute approximate surface area is 248 Å². The lowest BCUT2D eigenvalue weighted by molar-refractivity contribution is -0.145. The molecule has 2 aliphatic rings. The van der Waals surface area contributed by atoms with Gasteiger partial charge in [-0.1, -0.05) is 24.3 Å². The molecule has 12 heteroatoms. The molecule has 0 aromatic heterocycles. The largest absolute Gasteiger partial charge is 0.416 e. The molecule has 4 rings (SSSR count). The van der Waals surface area contributed by atoms with Gasteiger partial charge in [0.05, 0.1) is 24.1 Å². The topological polar surface area (TPSA) is 108 Å². The van der Waals surface area contributed by atoms with E-state index < -0.39 is 35.6 Å². The molecule has 2 heterocycles. The fourth-order valence-corrected chi connectivity index (χ4v) is 5.88. The van der Waals surface area contributed by atoms with Crippen molar-refractivity contribution in [3.05, 3.63) is 70.8 Å². The first kappa shape index (κ1) is 32.0. The van der Waals surface area contributed by atoms with Crippen LogP contribution in [0, 0.1) is 0 Å². The molecule has 2 aromatic carbocycles. The smallest absolute Gasteiger partial charge is 0.380 e. The van der Waals surface area contributed by atoms with Crippen molar-refractivity contribution >= 4 is 23.6 Å². The summed E-state index contributed by atoms with van der Waals surface area (Å²) in [5.41, 5.74) is 0.451. The highest BCUT2D eigenvalue weighted by Gasteiger charge is 2.39. The Bertz CT molecular complexity index is 1330. The number of hydrogen-bond donors (Lipinski definition) is 2. The summed E-state index contributed by atoms with van der Waals surface area (Å²) >= 11 is 0. The van der Waals surface area contributed by atoms with Gasteiger partial charge in [-0.2, -0.15) is 13.2 Å². The molecule has 9 nitrogen and oxygen atoms in total. The highest BCUT2D eigenvalue weighted by molar-refractivity contribution is 5.95. The van der Waals surface area contributed by atoms with E-state index in [2.05, 4.69) is 10.6 Å². The number of methoxy groups -OCH3 is 1. The summed E-state index contributed by atoms with van der Waals surface area (Å²) in [5.74, 6) is -1.26. The molecule has 2 saturated heterocycles. The van der Waals surface area contributed by atoms with Crippen molar-refractivity contribution in [2.45, 2.75) is 62.9 Å². The van der Waals surface area contributed by atoms with Crippen molar-refractivity contribution in [3.63, 3.8) is 0 Å². The molecule has 2 fully saturated rings. The van der Waals surface area contributed by atoms with Gasteiger partial charge in [0.15, 0.2) is 0 Å². The van der Waals surface area contributed by atoms with Gasteiger partial charge in [-0.25, -0.2) is 0 Å². The molecule has 2 aliphatic heterocycles. The molecule has 0 saturated carbocycles. The van der Waals surface area contributed by atoms with Crippen LogP contribution in [0.25, 0.3) is 0 Å². The minimum Gasteiger partial charge on any atom is -0.380 e. The normalized spacial score (nSPS) is 21.3. The number of rotatable bonds is 8. The monoisotopic (exact) mass is 602 g/mol. The number of halogens is 3. The molecular formula is C31H37F3N4O5. The SMILES string of the molecule is CNC(=O)CC(NC(=O)c1ccc(C2CC(OC)CN(C(=O)[C@@H]3CCCN3C(C)=O)C2)cc1)c1cccc(C(F)(F)F)c1. The minimum absolute atomic E-state index is 0.0713. The molecular weight excluding hydrogens is 565 g/mol. The van der Waals surface area contributed by atoms with Crippen LogP contribution in [0.5, 0.6) is 0 Å². The maximum atomic E-state index is 13.4. The van der Waals surface area contributed by atoms with Gasteiger partial charge in [0.25, 0.3) is 5.91 Å². The van der Waals surface area contributed by atoms with Gasteiger partial charge in [0, 0.05) is 52.2 Å². The van der Waals surface area contributed by atoms with Crippen LogP contribution in [0.15, 0.2) is 48.5 Å². The first-order chi connectivity index (χ1) is 20.4. The van der Waals surface area contributed by atoms with Crippen LogP contribution < -0.4 is 10.6 Å². The van der Waals surface area contributed by atoms with E-state index in [1.165, 1.54) is 26.1 Å². The third-order valence-electron chi connectivity index (χ3n) is 8.23. The molecule has 43 heavy (non-hydrogen) atoms. The van der Waals surface area contributed by atoms with Gasteiger partial charge in [0.2, 0.25) is 17.7 Å². The summed E-state index contributed by atoms with van der Waals surface area (Å²) in [7, 11) is 3.01. The second kappa shape index (κ2) is 13.6. The summed E-state index contributed by atoms with van der Waals surface area (Å²) in [6.45, 7) is 2.91. The highest BCUT2D eigenvalue weighted by Crippen LogP contribution is 2.33. The van der Waals surface area contributed by atoms with Crippen LogP contribution in [-0.4, -0.2) is 79.4 Å². The number of carbonyl (C=O) groups is 4. The number of nitrogens with one attached hydrogen (secondary N) is 2. The zero-order chi connectivity index (χ0) is 31.3. The van der Waals surface area contributed by atoms with Crippen molar-refractivity contribution < 1.29 is 37.1 Å². The molecule has 3 unspecified atom stereocenters. The Morgan fingerprint density at radius 3 is 2.42 bits per heavy atom. The van der Waals surface area contributed by atoms with Crippen LogP contribution in [0.2, 0.25) is 0 Å². The Hall–Kier alpha value is -3.93. The molecule has 0 aliphatic carbocycles. The predicted molar refractivity (Wildman–Crippen MR) is 152 cm³/mol. The van der Waals surface area contributed by atoms with Gasteiger partial charge in [-0.05, 0) is 54.7 Å². The quantitative estimate of drug-likeness (QED) is 0.480. The molecule has 0 bridgehead atoms. The second-order valence-corrected chi connectivity index (χ2v) is 11.1. The standard InChI is InChI=1S/C31H37F3N4O5/c1-19(39)38-13-5-8-27(38)30(42)37-17-23(15-25(18-37)43-3)20-9-11-21(12-10-20)29(41)36-26(16-28(40)35-2)22-6-4-7-24(14-22)31(32,33)34/h4,6-7,9-12,14,23,25-27H,5,8,13,15-18H2,1-3H3,(H,35,40)(H,36,41)/t23?,25?,26?,27-/m0/s1. The first-order valence-electron chi connectivity index (χ1n) is 14.3. The van der Waals surface area contributed by atoms with Gasteiger partial charge in [-0.3, -0.25) is 19.2 Å². The Morgan fingerprint density at radius 2 is 1.79 bits per heavy atom. The molecule has 4 amide bonds. The van der Waals surface area contributed by atoms with E-state index in [4.69, 9.17) is 4.74 Å². The van der Waals surface area contributed by atoms with Crippen LogP contribution in [-0.2, 0) is 25.3 Å². The third kappa shape index (κ3) is 7.73. The molecule has 0 radical (unpaired) electrons. The number of likely N-dealkylation sites (tertiary alicyclic amines) is 2. The summed E-state index contributed by atoms with van der Waals surface area (Å²) in [5, 5.41) is 5.15. The van der Waals surface area contributed by atoms with E-state index in [0.29, 0.717) is 32.5 Å². The third-order valence-corrected chi connectivity index (χ3v) is 8.23. The van der Waals surface area contributed by atoms with E-state index in [1.807, 2.05) is 0 Å². The fourth-order valence-electron chi connectivity index (χ4n) is 5.88. The van der Waals surface area contributed by atoms with Crippen molar-refractivity contribution in [2.75, 3.05) is 33.8 Å². The molecule has 4 atom stereocenters. The summed E-state index contributed by atoms with van der Waals surface area (Å²) in [4.78, 5) is 54.1. The van der Waals surface area contributed by atoms with Crippen LogP contribution >= 0.6 is 0 Å². The molecule has 2 aromatic rings. The van der Waals surface area contributed by atoms with E-state index >= 15 is 0 Å². The number of hydrogen-bond acceptors (Lipinski definition) is 5. The fraction of sp³-hybridized carbons (Fsp3) is 0.484. The number of piperidine rings is 1. The van der Waals surface area contributed by atoms with Gasteiger partial charge in [-0.15, -0.1) is 0 Å². The van der Waals surface area contributed by atoms with Gasteiger partial charge >= 0.3 is 6.18 Å². The summed E-state index contributed by atoms with van der Waals surface area (Å²) in [6.07, 6.45) is -2.94. The van der Waals surface area contributed by atoms with E-state index in [-0.39, 0.29) is 41.4 Å².